The van der Waals surface area contributed by atoms with E-state index >= 15 is 0 Å². The van der Waals surface area contributed by atoms with Gasteiger partial charge in [-0.15, -0.1) is 0 Å². The third-order valence-corrected chi connectivity index (χ3v) is 3.16. The Labute approximate surface area is 103 Å². The van der Waals surface area contributed by atoms with Crippen LogP contribution < -0.4 is 10.2 Å². The lowest BCUT2D eigenvalue weighted by Gasteiger charge is -2.36. The smallest absolute Gasteiger partial charge is 0.103 e. The number of pyridine rings is 1. The third kappa shape index (κ3) is 2.76. The van der Waals surface area contributed by atoms with Crippen LogP contribution in [0.1, 0.15) is 25.5 Å². The van der Waals surface area contributed by atoms with Crippen LogP contribution >= 0.6 is 0 Å². The number of anilines is 1. The van der Waals surface area contributed by atoms with Gasteiger partial charge in [-0.25, -0.2) is 0 Å². The maximum atomic E-state index is 5.46. The zero-order valence-corrected chi connectivity index (χ0v) is 10.8. The monoisotopic (exact) mass is 235 g/mol. The molecule has 2 rings (SSSR count). The zero-order chi connectivity index (χ0) is 12.3. The van der Waals surface area contributed by atoms with Crippen LogP contribution in [0.5, 0.6) is 0 Å². The summed E-state index contributed by atoms with van der Waals surface area (Å²) in [5.74, 6) is 0.480. The molecular formula is C13H21N3O. The average Bonchev–Trinajstić information content (AvgIpc) is 2.39. The SMILES string of the molecule is CNC1COCCN1c1ccc(C(C)C)nc1. The van der Waals surface area contributed by atoms with Gasteiger partial charge in [0.15, 0.2) is 0 Å². The van der Waals surface area contributed by atoms with E-state index in [0.29, 0.717) is 5.92 Å². The van der Waals surface area contributed by atoms with Gasteiger partial charge >= 0.3 is 0 Å². The minimum atomic E-state index is 0.246. The van der Waals surface area contributed by atoms with Gasteiger partial charge in [0.2, 0.25) is 0 Å². The second kappa shape index (κ2) is 5.47. The molecule has 1 fully saturated rings. The minimum absolute atomic E-state index is 0.246. The van der Waals surface area contributed by atoms with Gasteiger partial charge in [-0.2, -0.15) is 0 Å². The Hall–Kier alpha value is -1.13. The molecule has 0 amide bonds. The van der Waals surface area contributed by atoms with Gasteiger partial charge in [0, 0.05) is 12.2 Å². The number of likely N-dealkylation sites (N-methyl/N-ethyl adjacent to an activating group) is 1. The number of ether oxygens (including phenoxy) is 1. The predicted octanol–water partition coefficient (Wildman–Crippen LogP) is 1.59. The topological polar surface area (TPSA) is 37.4 Å². The Morgan fingerprint density at radius 1 is 1.47 bits per heavy atom. The van der Waals surface area contributed by atoms with Crippen molar-refractivity contribution in [2.45, 2.75) is 25.9 Å². The van der Waals surface area contributed by atoms with Crippen LogP contribution in [0.2, 0.25) is 0 Å². The van der Waals surface area contributed by atoms with E-state index < -0.39 is 0 Å². The van der Waals surface area contributed by atoms with E-state index in [1.165, 1.54) is 0 Å². The summed E-state index contributed by atoms with van der Waals surface area (Å²) in [6, 6.07) is 4.26. The highest BCUT2D eigenvalue weighted by atomic mass is 16.5. The molecular weight excluding hydrogens is 214 g/mol. The fourth-order valence-corrected chi connectivity index (χ4v) is 2.06. The number of hydrogen-bond acceptors (Lipinski definition) is 4. The normalized spacial score (nSPS) is 20.9. The highest BCUT2D eigenvalue weighted by Gasteiger charge is 2.21. The molecule has 1 saturated heterocycles. The molecule has 4 nitrogen and oxygen atoms in total. The highest BCUT2D eigenvalue weighted by molar-refractivity contribution is 5.46. The molecule has 4 heteroatoms. The van der Waals surface area contributed by atoms with Gasteiger partial charge < -0.3 is 9.64 Å². The van der Waals surface area contributed by atoms with Crippen molar-refractivity contribution in [2.75, 3.05) is 31.7 Å². The molecule has 1 aliphatic rings. The van der Waals surface area contributed by atoms with E-state index in [4.69, 9.17) is 4.74 Å². The Bertz CT molecular complexity index is 350. The first-order valence-corrected chi connectivity index (χ1v) is 6.20. The van der Waals surface area contributed by atoms with Gasteiger partial charge in [-0.1, -0.05) is 13.8 Å². The molecule has 1 unspecified atom stereocenters. The second-order valence-corrected chi connectivity index (χ2v) is 4.67. The molecule has 0 bridgehead atoms. The predicted molar refractivity (Wildman–Crippen MR) is 69.3 cm³/mol. The molecule has 1 aromatic heterocycles. The number of morpholine rings is 1. The first-order chi connectivity index (χ1) is 8.22. The summed E-state index contributed by atoms with van der Waals surface area (Å²) in [4.78, 5) is 6.82. The number of aromatic nitrogens is 1. The Morgan fingerprint density at radius 2 is 2.29 bits per heavy atom. The van der Waals surface area contributed by atoms with Crippen molar-refractivity contribution in [3.05, 3.63) is 24.0 Å². The lowest BCUT2D eigenvalue weighted by molar-refractivity contribution is 0.0865. The maximum Gasteiger partial charge on any atom is 0.103 e. The van der Waals surface area contributed by atoms with Crippen LogP contribution in [0.15, 0.2) is 18.3 Å². The summed E-state index contributed by atoms with van der Waals surface area (Å²) in [7, 11) is 1.96. The molecule has 1 atom stereocenters. The number of nitrogens with zero attached hydrogens (tertiary/aromatic N) is 2. The fourth-order valence-electron chi connectivity index (χ4n) is 2.06. The first-order valence-electron chi connectivity index (χ1n) is 6.20. The van der Waals surface area contributed by atoms with Crippen LogP contribution in [-0.2, 0) is 4.74 Å². The van der Waals surface area contributed by atoms with Gasteiger partial charge in [0.1, 0.15) is 6.17 Å². The summed E-state index contributed by atoms with van der Waals surface area (Å²) in [5.41, 5.74) is 2.31. The molecule has 1 aromatic rings. The first kappa shape index (κ1) is 12.3. The Kier molecular flexibility index (Phi) is 3.97. The van der Waals surface area contributed by atoms with Crippen LogP contribution in [0, 0.1) is 0 Å². The highest BCUT2D eigenvalue weighted by Crippen LogP contribution is 2.20. The zero-order valence-electron chi connectivity index (χ0n) is 10.8. The Morgan fingerprint density at radius 3 is 2.88 bits per heavy atom. The van der Waals surface area contributed by atoms with E-state index in [1.807, 2.05) is 13.2 Å². The molecule has 2 heterocycles. The molecule has 94 valence electrons. The summed E-state index contributed by atoms with van der Waals surface area (Å²) >= 11 is 0. The van der Waals surface area contributed by atoms with Crippen molar-refractivity contribution in [3.63, 3.8) is 0 Å². The average molecular weight is 235 g/mol. The lowest BCUT2D eigenvalue weighted by atomic mass is 10.1. The molecule has 0 saturated carbocycles. The van der Waals surface area contributed by atoms with Crippen LogP contribution in [0.4, 0.5) is 5.69 Å². The maximum absolute atomic E-state index is 5.46. The van der Waals surface area contributed by atoms with Crippen molar-refractivity contribution in [1.82, 2.24) is 10.3 Å². The summed E-state index contributed by atoms with van der Waals surface area (Å²) in [5, 5.41) is 3.26. The van der Waals surface area contributed by atoms with E-state index in [0.717, 1.165) is 31.1 Å². The van der Waals surface area contributed by atoms with Crippen molar-refractivity contribution < 1.29 is 4.74 Å². The largest absolute Gasteiger partial charge is 0.376 e. The van der Waals surface area contributed by atoms with Gasteiger partial charge in [0.25, 0.3) is 0 Å². The van der Waals surface area contributed by atoms with Crippen molar-refractivity contribution in [1.29, 1.82) is 0 Å². The molecule has 17 heavy (non-hydrogen) atoms. The Balaban J connectivity index is 2.15. The van der Waals surface area contributed by atoms with Crippen LogP contribution in [0.3, 0.4) is 0 Å². The second-order valence-electron chi connectivity index (χ2n) is 4.67. The molecule has 1 aliphatic heterocycles. The lowest BCUT2D eigenvalue weighted by Crippen LogP contribution is -2.52. The number of rotatable bonds is 3. The molecule has 0 spiro atoms. The minimum Gasteiger partial charge on any atom is -0.376 e. The van der Waals surface area contributed by atoms with E-state index in [2.05, 4.69) is 41.2 Å². The number of hydrogen-bond donors (Lipinski definition) is 1. The van der Waals surface area contributed by atoms with Gasteiger partial charge in [-0.05, 0) is 25.1 Å². The summed E-state index contributed by atoms with van der Waals surface area (Å²) in [6.45, 7) is 6.74. The molecule has 0 radical (unpaired) electrons. The van der Waals surface area contributed by atoms with E-state index in [-0.39, 0.29) is 6.17 Å². The fraction of sp³-hybridized carbons (Fsp3) is 0.615. The summed E-state index contributed by atoms with van der Waals surface area (Å²) in [6.07, 6.45) is 2.21. The summed E-state index contributed by atoms with van der Waals surface area (Å²) < 4.78 is 5.46. The van der Waals surface area contributed by atoms with Crippen LogP contribution in [-0.4, -0.2) is 38.0 Å². The van der Waals surface area contributed by atoms with Gasteiger partial charge in [0.05, 0.1) is 25.1 Å². The quantitative estimate of drug-likeness (QED) is 0.863. The third-order valence-electron chi connectivity index (χ3n) is 3.16. The van der Waals surface area contributed by atoms with E-state index in [1.54, 1.807) is 0 Å². The van der Waals surface area contributed by atoms with Gasteiger partial charge in [-0.3, -0.25) is 10.3 Å². The van der Waals surface area contributed by atoms with Crippen molar-refractivity contribution in [2.24, 2.45) is 0 Å². The molecule has 0 aliphatic carbocycles. The standard InChI is InChI=1S/C13H21N3O/c1-10(2)12-5-4-11(8-15-12)16-6-7-17-9-13(16)14-3/h4-5,8,10,13-14H,6-7,9H2,1-3H3. The van der Waals surface area contributed by atoms with Crippen LogP contribution in [0.25, 0.3) is 0 Å². The van der Waals surface area contributed by atoms with Crippen molar-refractivity contribution >= 4 is 5.69 Å². The van der Waals surface area contributed by atoms with E-state index in [9.17, 15) is 0 Å². The van der Waals surface area contributed by atoms with Crippen molar-refractivity contribution in [3.8, 4) is 0 Å². The number of nitrogens with one attached hydrogen (secondary N) is 1. The molecule has 1 N–H and O–H groups in total. The molecule has 0 aromatic carbocycles.